The number of likely N-dealkylation sites (N-methyl/N-ethyl adjacent to an activating group) is 1. The summed E-state index contributed by atoms with van der Waals surface area (Å²) in [5.74, 6) is 0. The Bertz CT molecular complexity index is 490. The largest absolute Gasteiger partial charge is 0.311 e. The molecule has 0 bridgehead atoms. The number of nitrogens with zero attached hydrogens (tertiary/aromatic N) is 2. The number of nitrogens with one attached hydrogen (secondary N) is 1. The molecular formula is C13H18BrN3S. The van der Waals surface area contributed by atoms with Crippen LogP contribution >= 0.6 is 27.3 Å². The molecule has 1 unspecified atom stereocenters. The van der Waals surface area contributed by atoms with E-state index >= 15 is 0 Å². The fourth-order valence-corrected chi connectivity index (χ4v) is 3.30. The lowest BCUT2D eigenvalue weighted by Crippen LogP contribution is -2.23. The molecule has 98 valence electrons. The Morgan fingerprint density at radius 3 is 2.83 bits per heavy atom. The topological polar surface area (TPSA) is 29.9 Å². The first-order valence-corrected chi connectivity index (χ1v) is 7.78. The zero-order valence-corrected chi connectivity index (χ0v) is 13.3. The van der Waals surface area contributed by atoms with Gasteiger partial charge in [0, 0.05) is 6.04 Å². The monoisotopic (exact) mass is 327 g/mol. The summed E-state index contributed by atoms with van der Waals surface area (Å²) >= 11 is 5.35. The first kappa shape index (κ1) is 13.8. The van der Waals surface area contributed by atoms with Crippen LogP contribution in [0.1, 0.15) is 37.2 Å². The summed E-state index contributed by atoms with van der Waals surface area (Å²) in [4.78, 5) is 0. The Kier molecular flexibility index (Phi) is 4.59. The van der Waals surface area contributed by atoms with Gasteiger partial charge in [-0.3, -0.25) is 4.68 Å². The summed E-state index contributed by atoms with van der Waals surface area (Å²) in [7, 11) is 2.00. The number of thiophene rings is 1. The van der Waals surface area contributed by atoms with Gasteiger partial charge < -0.3 is 5.32 Å². The number of hydrogen-bond acceptors (Lipinski definition) is 3. The number of halogens is 1. The molecule has 0 fully saturated rings. The Hall–Kier alpha value is -0.650. The smallest absolute Gasteiger partial charge is 0.0702 e. The van der Waals surface area contributed by atoms with Gasteiger partial charge in [0.15, 0.2) is 0 Å². The quantitative estimate of drug-likeness (QED) is 0.905. The molecule has 0 aromatic carbocycles. The fourth-order valence-electron chi connectivity index (χ4n) is 2.07. The highest BCUT2D eigenvalue weighted by atomic mass is 79.9. The second-order valence-electron chi connectivity index (χ2n) is 4.59. The molecule has 0 saturated heterocycles. The Morgan fingerprint density at radius 2 is 2.28 bits per heavy atom. The van der Waals surface area contributed by atoms with E-state index in [2.05, 4.69) is 61.7 Å². The van der Waals surface area contributed by atoms with E-state index in [0.29, 0.717) is 6.04 Å². The van der Waals surface area contributed by atoms with Crippen molar-refractivity contribution >= 4 is 27.3 Å². The van der Waals surface area contributed by atoms with Crippen molar-refractivity contribution in [3.05, 3.63) is 38.8 Å². The van der Waals surface area contributed by atoms with Crippen LogP contribution in [0.3, 0.4) is 0 Å². The second kappa shape index (κ2) is 5.99. The van der Waals surface area contributed by atoms with Crippen molar-refractivity contribution in [1.29, 1.82) is 0 Å². The van der Waals surface area contributed by atoms with Gasteiger partial charge in [0.05, 0.1) is 22.4 Å². The molecule has 0 amide bonds. The van der Waals surface area contributed by atoms with E-state index in [-0.39, 0.29) is 6.04 Å². The van der Waals surface area contributed by atoms with Gasteiger partial charge in [0.2, 0.25) is 0 Å². The van der Waals surface area contributed by atoms with Gasteiger partial charge in [-0.15, -0.1) is 0 Å². The molecule has 2 rings (SSSR count). The lowest BCUT2D eigenvalue weighted by atomic mass is 10.1. The van der Waals surface area contributed by atoms with Crippen molar-refractivity contribution in [2.75, 3.05) is 7.05 Å². The molecule has 0 aliphatic carbocycles. The summed E-state index contributed by atoms with van der Waals surface area (Å²) in [5.41, 5.74) is 2.58. The zero-order valence-electron chi connectivity index (χ0n) is 10.9. The minimum atomic E-state index is 0.277. The average Bonchev–Trinajstić information content (AvgIpc) is 2.95. The molecule has 0 spiro atoms. The van der Waals surface area contributed by atoms with Gasteiger partial charge >= 0.3 is 0 Å². The maximum atomic E-state index is 4.45. The Labute approximate surface area is 120 Å². The molecular weight excluding hydrogens is 310 g/mol. The van der Waals surface area contributed by atoms with Crippen molar-refractivity contribution in [2.24, 2.45) is 0 Å². The van der Waals surface area contributed by atoms with Gasteiger partial charge in [-0.05, 0) is 65.6 Å². The van der Waals surface area contributed by atoms with Crippen LogP contribution in [0.15, 0.2) is 27.5 Å². The lowest BCUT2D eigenvalue weighted by molar-refractivity contribution is 0.459. The molecule has 0 saturated carbocycles. The lowest BCUT2D eigenvalue weighted by Gasteiger charge is -2.20. The molecule has 2 aromatic heterocycles. The van der Waals surface area contributed by atoms with E-state index in [1.165, 1.54) is 11.3 Å². The van der Waals surface area contributed by atoms with E-state index in [1.807, 2.05) is 13.2 Å². The standard InChI is InChI=1S/C13H18BrN3S/c1-9(2)17-13(11(14)7-16-17)12(15-3)6-10-4-5-18-8-10/h4-5,7-9,12,15H,6H2,1-3H3. The first-order chi connectivity index (χ1) is 8.63. The van der Waals surface area contributed by atoms with Crippen LogP contribution in [0.4, 0.5) is 0 Å². The van der Waals surface area contributed by atoms with Crippen LogP contribution in [0.25, 0.3) is 0 Å². The third kappa shape index (κ3) is 2.84. The van der Waals surface area contributed by atoms with Crippen molar-refractivity contribution < 1.29 is 0 Å². The molecule has 2 heterocycles. The van der Waals surface area contributed by atoms with Crippen LogP contribution in [0.2, 0.25) is 0 Å². The second-order valence-corrected chi connectivity index (χ2v) is 6.23. The third-order valence-corrected chi connectivity index (χ3v) is 4.32. The van der Waals surface area contributed by atoms with Gasteiger partial charge in [0.25, 0.3) is 0 Å². The average molecular weight is 328 g/mol. The minimum absolute atomic E-state index is 0.277. The van der Waals surface area contributed by atoms with Gasteiger partial charge in [-0.25, -0.2) is 0 Å². The van der Waals surface area contributed by atoms with Crippen molar-refractivity contribution in [3.8, 4) is 0 Å². The van der Waals surface area contributed by atoms with Gasteiger partial charge in [0.1, 0.15) is 0 Å². The summed E-state index contributed by atoms with van der Waals surface area (Å²) < 4.78 is 3.16. The molecule has 0 aliphatic heterocycles. The normalized spacial score (nSPS) is 13.2. The summed E-state index contributed by atoms with van der Waals surface area (Å²) in [6, 6.07) is 2.82. The minimum Gasteiger partial charge on any atom is -0.311 e. The molecule has 3 nitrogen and oxygen atoms in total. The van der Waals surface area contributed by atoms with Crippen LogP contribution in [0, 0.1) is 0 Å². The SMILES string of the molecule is CNC(Cc1ccsc1)c1c(Br)cnn1C(C)C. The molecule has 18 heavy (non-hydrogen) atoms. The van der Waals surface area contributed by atoms with Crippen LogP contribution in [-0.4, -0.2) is 16.8 Å². The molecule has 1 atom stereocenters. The number of hydrogen-bond donors (Lipinski definition) is 1. The van der Waals surface area contributed by atoms with Crippen molar-refractivity contribution in [3.63, 3.8) is 0 Å². The predicted molar refractivity (Wildman–Crippen MR) is 80.1 cm³/mol. The Balaban J connectivity index is 2.29. The summed E-state index contributed by atoms with van der Waals surface area (Å²) in [6.07, 6.45) is 2.87. The molecule has 5 heteroatoms. The van der Waals surface area contributed by atoms with E-state index in [9.17, 15) is 0 Å². The number of aromatic nitrogens is 2. The van der Waals surface area contributed by atoms with Gasteiger partial charge in [-0.2, -0.15) is 16.4 Å². The summed E-state index contributed by atoms with van der Waals surface area (Å²) in [6.45, 7) is 4.31. The van der Waals surface area contributed by atoms with Crippen LogP contribution in [-0.2, 0) is 6.42 Å². The third-order valence-electron chi connectivity index (χ3n) is 2.97. The molecule has 1 N–H and O–H groups in total. The van der Waals surface area contributed by atoms with Gasteiger partial charge in [-0.1, -0.05) is 0 Å². The fraction of sp³-hybridized carbons (Fsp3) is 0.462. The highest BCUT2D eigenvalue weighted by molar-refractivity contribution is 9.10. The van der Waals surface area contributed by atoms with Crippen molar-refractivity contribution in [2.45, 2.75) is 32.4 Å². The number of rotatable bonds is 5. The summed E-state index contributed by atoms with van der Waals surface area (Å²) in [5, 5.41) is 12.2. The van der Waals surface area contributed by atoms with E-state index in [0.717, 1.165) is 10.9 Å². The van der Waals surface area contributed by atoms with E-state index < -0.39 is 0 Å². The van der Waals surface area contributed by atoms with E-state index in [4.69, 9.17) is 0 Å². The maximum Gasteiger partial charge on any atom is 0.0702 e. The Morgan fingerprint density at radius 1 is 1.50 bits per heavy atom. The predicted octanol–water partition coefficient (Wildman–Crippen LogP) is 3.79. The molecule has 2 aromatic rings. The van der Waals surface area contributed by atoms with Crippen LogP contribution in [0.5, 0.6) is 0 Å². The van der Waals surface area contributed by atoms with Crippen LogP contribution < -0.4 is 5.32 Å². The van der Waals surface area contributed by atoms with Crippen molar-refractivity contribution in [1.82, 2.24) is 15.1 Å². The maximum absolute atomic E-state index is 4.45. The highest BCUT2D eigenvalue weighted by Crippen LogP contribution is 2.28. The molecule has 0 aliphatic rings. The zero-order chi connectivity index (χ0) is 13.1. The van der Waals surface area contributed by atoms with E-state index in [1.54, 1.807) is 11.3 Å². The first-order valence-electron chi connectivity index (χ1n) is 6.04. The highest BCUT2D eigenvalue weighted by Gasteiger charge is 2.20. The molecule has 0 radical (unpaired) electrons.